The number of ether oxygens (including phenoxy) is 1. The number of hydrogen-bond acceptors (Lipinski definition) is 4. The predicted octanol–water partition coefficient (Wildman–Crippen LogP) is 2.35. The summed E-state index contributed by atoms with van der Waals surface area (Å²) in [6.45, 7) is 0. The van der Waals surface area contributed by atoms with E-state index in [2.05, 4.69) is 5.32 Å². The number of anilines is 1. The Kier molecular flexibility index (Phi) is 4.08. The van der Waals surface area contributed by atoms with Gasteiger partial charge in [-0.15, -0.1) is 0 Å². The van der Waals surface area contributed by atoms with Crippen LogP contribution in [-0.2, 0) is 0 Å². The summed E-state index contributed by atoms with van der Waals surface area (Å²) in [5.41, 5.74) is 0.457. The maximum Gasteiger partial charge on any atom is 0.335 e. The Bertz CT molecular complexity index is 696. The minimum atomic E-state index is -1.08. The standard InChI is InChI=1S/C15H13NO5/c1-21-11-5-6-12(13(17)8-11)14(18)16-10-4-2-3-9(7-10)15(19)20/h2-8,17H,1H3,(H,16,18)(H,19,20). The monoisotopic (exact) mass is 287 g/mol. The van der Waals surface area contributed by atoms with Crippen LogP contribution in [0.3, 0.4) is 0 Å². The van der Waals surface area contributed by atoms with Crippen LogP contribution in [0.1, 0.15) is 20.7 Å². The highest BCUT2D eigenvalue weighted by atomic mass is 16.5. The number of aromatic hydroxyl groups is 1. The molecule has 21 heavy (non-hydrogen) atoms. The van der Waals surface area contributed by atoms with Crippen LogP contribution in [0.15, 0.2) is 42.5 Å². The maximum atomic E-state index is 12.1. The lowest BCUT2D eigenvalue weighted by Crippen LogP contribution is -2.12. The zero-order valence-corrected chi connectivity index (χ0v) is 11.2. The summed E-state index contributed by atoms with van der Waals surface area (Å²) in [6, 6.07) is 10.1. The zero-order valence-electron chi connectivity index (χ0n) is 11.2. The topological polar surface area (TPSA) is 95.9 Å². The van der Waals surface area contributed by atoms with Gasteiger partial charge in [0.1, 0.15) is 11.5 Å². The fraction of sp³-hybridized carbons (Fsp3) is 0.0667. The van der Waals surface area contributed by atoms with Gasteiger partial charge in [-0.1, -0.05) is 6.07 Å². The van der Waals surface area contributed by atoms with Crippen LogP contribution in [0.5, 0.6) is 11.5 Å². The van der Waals surface area contributed by atoms with Crippen molar-refractivity contribution in [3.8, 4) is 11.5 Å². The Morgan fingerprint density at radius 1 is 1.14 bits per heavy atom. The first-order valence-corrected chi connectivity index (χ1v) is 6.03. The molecule has 2 rings (SSSR count). The Labute approximate surface area is 120 Å². The number of nitrogens with one attached hydrogen (secondary N) is 1. The van der Waals surface area contributed by atoms with Crippen molar-refractivity contribution < 1.29 is 24.5 Å². The smallest absolute Gasteiger partial charge is 0.335 e. The Hall–Kier alpha value is -3.02. The van der Waals surface area contributed by atoms with Crippen LogP contribution in [0.4, 0.5) is 5.69 Å². The van der Waals surface area contributed by atoms with Crippen LogP contribution in [0, 0.1) is 0 Å². The Balaban J connectivity index is 2.22. The molecule has 0 radical (unpaired) electrons. The van der Waals surface area contributed by atoms with Crippen LogP contribution < -0.4 is 10.1 Å². The van der Waals surface area contributed by atoms with Gasteiger partial charge in [0.15, 0.2) is 0 Å². The van der Waals surface area contributed by atoms with E-state index in [1.165, 1.54) is 37.4 Å². The van der Waals surface area contributed by atoms with E-state index in [0.717, 1.165) is 0 Å². The summed E-state index contributed by atoms with van der Waals surface area (Å²) in [4.78, 5) is 22.9. The first-order valence-electron chi connectivity index (χ1n) is 6.03. The predicted molar refractivity (Wildman–Crippen MR) is 76.0 cm³/mol. The molecule has 0 aliphatic rings. The highest BCUT2D eigenvalue weighted by Gasteiger charge is 2.13. The van der Waals surface area contributed by atoms with Gasteiger partial charge in [-0.25, -0.2) is 4.79 Å². The molecule has 0 aromatic heterocycles. The summed E-state index contributed by atoms with van der Waals surface area (Å²) < 4.78 is 4.93. The lowest BCUT2D eigenvalue weighted by molar-refractivity contribution is 0.0696. The van der Waals surface area contributed by atoms with Crippen molar-refractivity contribution in [2.45, 2.75) is 0 Å². The second-order valence-electron chi connectivity index (χ2n) is 4.22. The normalized spacial score (nSPS) is 9.95. The fourth-order valence-corrected chi connectivity index (χ4v) is 1.76. The molecule has 2 aromatic carbocycles. The number of hydrogen-bond donors (Lipinski definition) is 3. The third-order valence-electron chi connectivity index (χ3n) is 2.82. The van der Waals surface area contributed by atoms with Crippen molar-refractivity contribution in [2.75, 3.05) is 12.4 Å². The number of aromatic carboxylic acids is 1. The molecule has 1 amide bonds. The van der Waals surface area contributed by atoms with Gasteiger partial charge in [-0.05, 0) is 30.3 Å². The van der Waals surface area contributed by atoms with Gasteiger partial charge in [-0.2, -0.15) is 0 Å². The van der Waals surface area contributed by atoms with Crippen molar-refractivity contribution in [3.05, 3.63) is 53.6 Å². The third kappa shape index (κ3) is 3.30. The molecule has 0 unspecified atom stereocenters. The third-order valence-corrected chi connectivity index (χ3v) is 2.82. The van der Waals surface area contributed by atoms with E-state index in [-0.39, 0.29) is 16.9 Å². The van der Waals surface area contributed by atoms with Crippen LogP contribution in [-0.4, -0.2) is 29.2 Å². The number of carboxylic acids is 1. The van der Waals surface area contributed by atoms with Crippen LogP contribution in [0.2, 0.25) is 0 Å². The van der Waals surface area contributed by atoms with E-state index in [1.54, 1.807) is 12.1 Å². The number of phenols is 1. The average Bonchev–Trinajstić information content (AvgIpc) is 2.47. The van der Waals surface area contributed by atoms with Crippen molar-refractivity contribution in [2.24, 2.45) is 0 Å². The van der Waals surface area contributed by atoms with E-state index in [4.69, 9.17) is 9.84 Å². The molecule has 0 bridgehead atoms. The van der Waals surface area contributed by atoms with Crippen molar-refractivity contribution in [3.63, 3.8) is 0 Å². The molecule has 0 aliphatic heterocycles. The molecule has 6 heteroatoms. The van der Waals surface area contributed by atoms with Crippen molar-refractivity contribution >= 4 is 17.6 Å². The molecule has 6 nitrogen and oxygen atoms in total. The molecular weight excluding hydrogens is 274 g/mol. The summed E-state index contributed by atoms with van der Waals surface area (Å²) in [5, 5.41) is 21.2. The number of methoxy groups -OCH3 is 1. The van der Waals surface area contributed by atoms with Crippen LogP contribution >= 0.6 is 0 Å². The second kappa shape index (κ2) is 5.96. The maximum absolute atomic E-state index is 12.1. The van der Waals surface area contributed by atoms with Crippen LogP contribution in [0.25, 0.3) is 0 Å². The first-order chi connectivity index (χ1) is 10.0. The van der Waals surface area contributed by atoms with Gasteiger partial charge in [0.25, 0.3) is 5.91 Å². The molecule has 0 saturated carbocycles. The molecular formula is C15H13NO5. The van der Waals surface area contributed by atoms with Gasteiger partial charge < -0.3 is 20.3 Å². The largest absolute Gasteiger partial charge is 0.507 e. The molecule has 0 fully saturated rings. The minimum absolute atomic E-state index is 0.0618. The lowest BCUT2D eigenvalue weighted by Gasteiger charge is -2.08. The van der Waals surface area contributed by atoms with Gasteiger partial charge >= 0.3 is 5.97 Å². The number of carbonyl (C=O) groups is 2. The van der Waals surface area contributed by atoms with E-state index in [1.807, 2.05) is 0 Å². The van der Waals surface area contributed by atoms with Gasteiger partial charge in [-0.3, -0.25) is 4.79 Å². The molecule has 3 N–H and O–H groups in total. The average molecular weight is 287 g/mol. The lowest BCUT2D eigenvalue weighted by atomic mass is 10.1. The quantitative estimate of drug-likeness (QED) is 0.802. The van der Waals surface area contributed by atoms with Crippen molar-refractivity contribution in [1.29, 1.82) is 0 Å². The number of carboxylic acid groups (broad SMARTS) is 1. The Morgan fingerprint density at radius 2 is 1.90 bits per heavy atom. The number of benzene rings is 2. The molecule has 108 valence electrons. The molecule has 0 spiro atoms. The molecule has 0 saturated heterocycles. The van der Waals surface area contributed by atoms with Gasteiger partial charge in [0, 0.05) is 11.8 Å². The highest BCUT2D eigenvalue weighted by molar-refractivity contribution is 6.06. The highest BCUT2D eigenvalue weighted by Crippen LogP contribution is 2.24. The summed E-state index contributed by atoms with van der Waals surface area (Å²) >= 11 is 0. The number of rotatable bonds is 4. The molecule has 0 heterocycles. The molecule has 0 aliphatic carbocycles. The minimum Gasteiger partial charge on any atom is -0.507 e. The zero-order chi connectivity index (χ0) is 15.4. The van der Waals surface area contributed by atoms with E-state index < -0.39 is 11.9 Å². The number of amides is 1. The molecule has 2 aromatic rings. The van der Waals surface area contributed by atoms with Crippen molar-refractivity contribution in [1.82, 2.24) is 0 Å². The second-order valence-corrected chi connectivity index (χ2v) is 4.22. The number of carbonyl (C=O) groups excluding carboxylic acids is 1. The Morgan fingerprint density at radius 3 is 2.52 bits per heavy atom. The summed E-state index contributed by atoms with van der Waals surface area (Å²) in [7, 11) is 1.45. The van der Waals surface area contributed by atoms with E-state index in [9.17, 15) is 14.7 Å². The van der Waals surface area contributed by atoms with Gasteiger partial charge in [0.05, 0.1) is 18.2 Å². The number of phenolic OH excluding ortho intramolecular Hbond substituents is 1. The fourth-order valence-electron chi connectivity index (χ4n) is 1.76. The first kappa shape index (κ1) is 14.4. The van der Waals surface area contributed by atoms with E-state index in [0.29, 0.717) is 11.4 Å². The van der Waals surface area contributed by atoms with Gasteiger partial charge in [0.2, 0.25) is 0 Å². The SMILES string of the molecule is COc1ccc(C(=O)Nc2cccc(C(=O)O)c2)c(O)c1. The summed E-state index contributed by atoms with van der Waals surface area (Å²) in [6.07, 6.45) is 0. The summed E-state index contributed by atoms with van der Waals surface area (Å²) in [5.74, 6) is -1.42. The van der Waals surface area contributed by atoms with E-state index >= 15 is 0 Å². The molecule has 0 atom stereocenters.